The van der Waals surface area contributed by atoms with Crippen molar-refractivity contribution in [3.05, 3.63) is 75.2 Å². The Morgan fingerprint density at radius 2 is 1.76 bits per heavy atom. The third kappa shape index (κ3) is 3.82. The Morgan fingerprint density at radius 3 is 2.45 bits per heavy atom. The molecule has 150 valence electrons. The molecule has 0 aliphatic heterocycles. The summed E-state index contributed by atoms with van der Waals surface area (Å²) in [5, 5.41) is 16.4. The number of methoxy groups -OCH3 is 1. The average Bonchev–Trinajstić information content (AvgIpc) is 3.03. The molecule has 0 amide bonds. The van der Waals surface area contributed by atoms with E-state index in [0.717, 1.165) is 42.0 Å². The molecule has 0 fully saturated rings. The van der Waals surface area contributed by atoms with Crippen LogP contribution in [-0.2, 0) is 11.3 Å². The fourth-order valence-electron chi connectivity index (χ4n) is 3.79. The van der Waals surface area contributed by atoms with Crippen molar-refractivity contribution in [2.75, 3.05) is 12.4 Å². The van der Waals surface area contributed by atoms with Crippen molar-refractivity contribution in [2.45, 2.75) is 25.8 Å². The number of aliphatic hydroxyl groups excluding tert-OH is 1. The Bertz CT molecular complexity index is 1160. The molecule has 1 heterocycles. The van der Waals surface area contributed by atoms with Crippen molar-refractivity contribution in [1.82, 2.24) is 4.57 Å². The summed E-state index contributed by atoms with van der Waals surface area (Å²) in [6, 6.07) is 20.4. The quantitative estimate of drug-likeness (QED) is 0.308. The molecule has 2 atom stereocenters. The lowest BCUT2D eigenvalue weighted by molar-refractivity contribution is 0.147. The molecule has 0 bridgehead atoms. The number of fused-ring (bicyclic) bond motifs is 3. The fourth-order valence-corrected chi connectivity index (χ4v) is 4.81. The molecule has 0 saturated heterocycles. The molecule has 6 heteroatoms. The van der Waals surface area contributed by atoms with Crippen LogP contribution < -0.4 is 5.32 Å². The van der Waals surface area contributed by atoms with Gasteiger partial charge in [0.2, 0.25) is 0 Å². The highest BCUT2D eigenvalue weighted by Crippen LogP contribution is 2.40. The highest BCUT2D eigenvalue weighted by molar-refractivity contribution is 9.11. The van der Waals surface area contributed by atoms with Gasteiger partial charge in [-0.25, -0.2) is 0 Å². The molecule has 4 rings (SSSR count). The summed E-state index contributed by atoms with van der Waals surface area (Å²) in [5.41, 5.74) is 4.14. The minimum Gasteiger partial charge on any atom is -0.389 e. The van der Waals surface area contributed by atoms with Gasteiger partial charge < -0.3 is 19.7 Å². The van der Waals surface area contributed by atoms with Gasteiger partial charge in [-0.1, -0.05) is 40.2 Å². The maximum atomic E-state index is 10.7. The third-order valence-corrected chi connectivity index (χ3v) is 6.47. The van der Waals surface area contributed by atoms with Crippen molar-refractivity contribution in [3.8, 4) is 0 Å². The number of nitrogens with zero attached hydrogens (tertiary/aromatic N) is 1. The Kier molecular flexibility index (Phi) is 5.97. The number of hydrogen-bond donors (Lipinski definition) is 2. The number of para-hydroxylation sites is 1. The van der Waals surface area contributed by atoms with E-state index < -0.39 is 6.10 Å². The Labute approximate surface area is 186 Å². The molecule has 0 radical (unpaired) electrons. The lowest BCUT2D eigenvalue weighted by Gasteiger charge is -2.26. The molecule has 2 N–H and O–H groups in total. The molecule has 29 heavy (non-hydrogen) atoms. The third-order valence-electron chi connectivity index (χ3n) is 5.07. The van der Waals surface area contributed by atoms with Crippen LogP contribution in [0.1, 0.15) is 18.7 Å². The number of nitrogens with one attached hydrogen (secondary N) is 1. The zero-order valence-corrected chi connectivity index (χ0v) is 19.4. The first kappa shape index (κ1) is 20.4. The summed E-state index contributed by atoms with van der Waals surface area (Å²) in [4.78, 5) is 0. The topological polar surface area (TPSA) is 46.4 Å². The van der Waals surface area contributed by atoms with E-state index >= 15 is 0 Å². The average molecular weight is 518 g/mol. The maximum Gasteiger partial charge on any atom is 0.130 e. The Balaban J connectivity index is 2.00. The van der Waals surface area contributed by atoms with Crippen LogP contribution in [0.15, 0.2) is 69.6 Å². The lowest BCUT2D eigenvalue weighted by Crippen LogP contribution is -2.28. The molecule has 0 aliphatic rings. The van der Waals surface area contributed by atoms with Crippen LogP contribution in [0.25, 0.3) is 21.8 Å². The van der Waals surface area contributed by atoms with E-state index in [9.17, 15) is 5.11 Å². The van der Waals surface area contributed by atoms with Crippen LogP contribution in [0.2, 0.25) is 0 Å². The van der Waals surface area contributed by atoms with Crippen LogP contribution in [0.4, 0.5) is 5.69 Å². The predicted octanol–water partition coefficient (Wildman–Crippen LogP) is 6.46. The van der Waals surface area contributed by atoms with E-state index in [0.29, 0.717) is 6.61 Å². The van der Waals surface area contributed by atoms with Gasteiger partial charge in [-0.3, -0.25) is 0 Å². The molecule has 1 aromatic heterocycles. The first-order valence-electron chi connectivity index (χ1n) is 9.40. The monoisotopic (exact) mass is 516 g/mol. The standard InChI is InChI=1S/C23H22Br2N2O2/c1-14(28)23(26-17-6-4-3-5-7-17)27-19-11-9-16(24)12-18(19)21-20(27)10-8-15(13-29-2)22(21)25/h3-12,14,23,26,28H,13H2,1-2H3. The summed E-state index contributed by atoms with van der Waals surface area (Å²) >= 11 is 7.41. The second-order valence-electron chi connectivity index (χ2n) is 7.09. The van der Waals surface area contributed by atoms with Gasteiger partial charge >= 0.3 is 0 Å². The van der Waals surface area contributed by atoms with Gasteiger partial charge in [0.05, 0.1) is 23.7 Å². The number of aliphatic hydroxyl groups is 1. The molecular formula is C23H22Br2N2O2. The largest absolute Gasteiger partial charge is 0.389 e. The van der Waals surface area contributed by atoms with Gasteiger partial charge in [0.15, 0.2) is 0 Å². The van der Waals surface area contributed by atoms with E-state index in [1.54, 1.807) is 7.11 Å². The van der Waals surface area contributed by atoms with E-state index in [-0.39, 0.29) is 6.17 Å². The van der Waals surface area contributed by atoms with Crippen LogP contribution in [-0.4, -0.2) is 22.9 Å². The fraction of sp³-hybridized carbons (Fsp3) is 0.217. The molecule has 0 saturated carbocycles. The van der Waals surface area contributed by atoms with Crippen molar-refractivity contribution in [2.24, 2.45) is 0 Å². The normalized spacial score (nSPS) is 13.7. The lowest BCUT2D eigenvalue weighted by atomic mass is 10.1. The van der Waals surface area contributed by atoms with E-state index in [4.69, 9.17) is 4.74 Å². The summed E-state index contributed by atoms with van der Waals surface area (Å²) in [5.74, 6) is 0. The minimum atomic E-state index is -0.616. The van der Waals surface area contributed by atoms with E-state index in [1.807, 2.05) is 43.3 Å². The van der Waals surface area contributed by atoms with Crippen molar-refractivity contribution in [1.29, 1.82) is 0 Å². The first-order chi connectivity index (χ1) is 14.0. The molecular weight excluding hydrogens is 496 g/mol. The van der Waals surface area contributed by atoms with E-state index in [2.05, 4.69) is 66.0 Å². The molecule has 0 spiro atoms. The summed E-state index contributed by atoms with van der Waals surface area (Å²) in [6.07, 6.45) is -0.950. The molecule has 3 aromatic carbocycles. The molecule has 4 aromatic rings. The number of halogens is 2. The van der Waals surface area contributed by atoms with Crippen LogP contribution in [0.5, 0.6) is 0 Å². The number of benzene rings is 3. The second kappa shape index (κ2) is 8.48. The molecule has 2 unspecified atom stereocenters. The van der Waals surface area contributed by atoms with Crippen LogP contribution >= 0.6 is 31.9 Å². The minimum absolute atomic E-state index is 0.334. The smallest absolute Gasteiger partial charge is 0.130 e. The SMILES string of the molecule is COCc1ccc2c(c1Br)c1cc(Br)ccc1n2C(Nc1ccccc1)C(C)O. The van der Waals surface area contributed by atoms with Crippen molar-refractivity contribution >= 4 is 59.4 Å². The first-order valence-corrected chi connectivity index (χ1v) is 11.0. The Morgan fingerprint density at radius 1 is 1.03 bits per heavy atom. The summed E-state index contributed by atoms with van der Waals surface area (Å²) in [7, 11) is 1.70. The molecule has 4 nitrogen and oxygen atoms in total. The van der Waals surface area contributed by atoms with Gasteiger partial charge in [0, 0.05) is 32.5 Å². The highest BCUT2D eigenvalue weighted by atomic mass is 79.9. The van der Waals surface area contributed by atoms with Crippen molar-refractivity contribution < 1.29 is 9.84 Å². The van der Waals surface area contributed by atoms with Gasteiger partial charge in [-0.05, 0) is 64.8 Å². The Hall–Kier alpha value is -1.86. The van der Waals surface area contributed by atoms with Gasteiger partial charge in [-0.2, -0.15) is 0 Å². The predicted molar refractivity (Wildman–Crippen MR) is 126 cm³/mol. The zero-order chi connectivity index (χ0) is 20.5. The summed E-state index contributed by atoms with van der Waals surface area (Å²) in [6.45, 7) is 2.34. The maximum absolute atomic E-state index is 10.7. The summed E-state index contributed by atoms with van der Waals surface area (Å²) < 4.78 is 9.57. The zero-order valence-electron chi connectivity index (χ0n) is 16.2. The van der Waals surface area contributed by atoms with Crippen LogP contribution in [0, 0.1) is 0 Å². The van der Waals surface area contributed by atoms with Gasteiger partial charge in [0.25, 0.3) is 0 Å². The van der Waals surface area contributed by atoms with E-state index in [1.165, 1.54) is 0 Å². The molecule has 0 aliphatic carbocycles. The van der Waals surface area contributed by atoms with Gasteiger partial charge in [-0.15, -0.1) is 0 Å². The number of ether oxygens (including phenoxy) is 1. The van der Waals surface area contributed by atoms with Crippen LogP contribution in [0.3, 0.4) is 0 Å². The van der Waals surface area contributed by atoms with Gasteiger partial charge in [0.1, 0.15) is 6.17 Å². The number of anilines is 1. The number of rotatable bonds is 6. The highest BCUT2D eigenvalue weighted by Gasteiger charge is 2.24. The van der Waals surface area contributed by atoms with Crippen molar-refractivity contribution in [3.63, 3.8) is 0 Å². The number of hydrogen-bond acceptors (Lipinski definition) is 3. The second-order valence-corrected chi connectivity index (χ2v) is 8.80. The number of aromatic nitrogens is 1.